The molecule has 7 heteroatoms. The third-order valence-electron chi connectivity index (χ3n) is 3.19. The number of hydrogen-bond donors (Lipinski definition) is 0. The minimum atomic E-state index is -0.589. The standard InChI is InChI=1S/C14H12FN3O3/c1-8-12(9(2)21-17-8)7-18-14(19)20-13(16-18)10-3-5-11(15)6-4-10/h3-6H,7H2,1-2H3. The quantitative estimate of drug-likeness (QED) is 0.739. The summed E-state index contributed by atoms with van der Waals surface area (Å²) in [4.78, 5) is 11.8. The highest BCUT2D eigenvalue weighted by molar-refractivity contribution is 5.51. The first kappa shape index (κ1) is 13.3. The third-order valence-corrected chi connectivity index (χ3v) is 3.19. The molecule has 108 valence electrons. The predicted octanol–water partition coefficient (Wildman–Crippen LogP) is 2.30. The molecule has 1 aromatic carbocycles. The number of halogens is 1. The summed E-state index contributed by atoms with van der Waals surface area (Å²) in [7, 11) is 0. The maximum Gasteiger partial charge on any atom is 0.437 e. The maximum absolute atomic E-state index is 12.9. The fraction of sp³-hybridized carbons (Fsp3) is 0.214. The van der Waals surface area contributed by atoms with Gasteiger partial charge in [0.1, 0.15) is 11.6 Å². The van der Waals surface area contributed by atoms with Gasteiger partial charge in [-0.25, -0.2) is 9.18 Å². The average molecular weight is 289 g/mol. The fourth-order valence-electron chi connectivity index (χ4n) is 1.99. The highest BCUT2D eigenvalue weighted by atomic mass is 19.1. The molecule has 2 heterocycles. The largest absolute Gasteiger partial charge is 0.437 e. The monoisotopic (exact) mass is 289 g/mol. The molecule has 0 aliphatic heterocycles. The van der Waals surface area contributed by atoms with Crippen LogP contribution in [0.15, 0.2) is 38.0 Å². The molecule has 3 rings (SSSR count). The van der Waals surface area contributed by atoms with Crippen LogP contribution >= 0.6 is 0 Å². The molecule has 0 aliphatic carbocycles. The van der Waals surface area contributed by atoms with Crippen molar-refractivity contribution in [3.63, 3.8) is 0 Å². The average Bonchev–Trinajstić information content (AvgIpc) is 2.98. The molecule has 0 unspecified atom stereocenters. The second-order valence-electron chi connectivity index (χ2n) is 4.64. The Bertz CT molecular complexity index is 811. The van der Waals surface area contributed by atoms with Crippen LogP contribution in [0.3, 0.4) is 0 Å². The molecular weight excluding hydrogens is 277 g/mol. The number of hydrogen-bond acceptors (Lipinski definition) is 5. The van der Waals surface area contributed by atoms with E-state index >= 15 is 0 Å². The van der Waals surface area contributed by atoms with E-state index in [1.165, 1.54) is 28.9 Å². The van der Waals surface area contributed by atoms with Crippen molar-refractivity contribution < 1.29 is 13.3 Å². The summed E-state index contributed by atoms with van der Waals surface area (Å²) in [5.41, 5.74) is 2.02. The number of benzene rings is 1. The van der Waals surface area contributed by atoms with Gasteiger partial charge >= 0.3 is 5.76 Å². The smallest absolute Gasteiger partial charge is 0.388 e. The van der Waals surface area contributed by atoms with Crippen molar-refractivity contribution in [3.8, 4) is 11.5 Å². The first-order valence-corrected chi connectivity index (χ1v) is 6.30. The van der Waals surface area contributed by atoms with Crippen molar-refractivity contribution in [3.05, 3.63) is 57.7 Å². The van der Waals surface area contributed by atoms with Gasteiger partial charge in [0, 0.05) is 11.1 Å². The minimum absolute atomic E-state index is 0.145. The van der Waals surface area contributed by atoms with Crippen molar-refractivity contribution in [2.24, 2.45) is 0 Å². The Morgan fingerprint density at radius 1 is 1.24 bits per heavy atom. The molecule has 0 saturated carbocycles. The summed E-state index contributed by atoms with van der Waals surface area (Å²) in [5, 5.41) is 7.94. The van der Waals surface area contributed by atoms with Crippen LogP contribution in [-0.4, -0.2) is 14.9 Å². The predicted molar refractivity (Wildman–Crippen MR) is 71.2 cm³/mol. The van der Waals surface area contributed by atoms with Gasteiger partial charge in [0.2, 0.25) is 5.89 Å². The summed E-state index contributed by atoms with van der Waals surface area (Å²) in [5.74, 6) is -0.178. The normalized spacial score (nSPS) is 11.0. The van der Waals surface area contributed by atoms with E-state index in [-0.39, 0.29) is 18.3 Å². The van der Waals surface area contributed by atoms with E-state index < -0.39 is 5.76 Å². The van der Waals surface area contributed by atoms with E-state index in [2.05, 4.69) is 10.3 Å². The summed E-state index contributed by atoms with van der Waals surface area (Å²) in [6.45, 7) is 3.77. The van der Waals surface area contributed by atoms with Gasteiger partial charge in [-0.3, -0.25) is 0 Å². The first-order valence-electron chi connectivity index (χ1n) is 6.30. The minimum Gasteiger partial charge on any atom is -0.388 e. The Kier molecular flexibility index (Phi) is 3.17. The maximum atomic E-state index is 12.9. The second kappa shape index (κ2) is 5.01. The number of aryl methyl sites for hydroxylation is 2. The van der Waals surface area contributed by atoms with Crippen LogP contribution in [0.2, 0.25) is 0 Å². The lowest BCUT2D eigenvalue weighted by molar-refractivity contribution is 0.391. The lowest BCUT2D eigenvalue weighted by Crippen LogP contribution is -2.17. The Labute approximate surface area is 118 Å². The molecule has 2 aromatic heterocycles. The zero-order valence-corrected chi connectivity index (χ0v) is 11.5. The Hall–Kier alpha value is -2.70. The van der Waals surface area contributed by atoms with Crippen LogP contribution in [0.1, 0.15) is 17.0 Å². The van der Waals surface area contributed by atoms with Gasteiger partial charge in [0.05, 0.1) is 12.2 Å². The van der Waals surface area contributed by atoms with Gasteiger partial charge in [-0.05, 0) is 38.1 Å². The molecule has 0 spiro atoms. The van der Waals surface area contributed by atoms with Crippen molar-refractivity contribution in [1.29, 1.82) is 0 Å². The van der Waals surface area contributed by atoms with Crippen LogP contribution < -0.4 is 5.76 Å². The number of rotatable bonds is 3. The van der Waals surface area contributed by atoms with E-state index in [0.717, 1.165) is 5.56 Å². The van der Waals surface area contributed by atoms with Crippen LogP contribution in [0.4, 0.5) is 4.39 Å². The Morgan fingerprint density at radius 3 is 2.57 bits per heavy atom. The summed E-state index contributed by atoms with van der Waals surface area (Å²) >= 11 is 0. The fourth-order valence-corrected chi connectivity index (χ4v) is 1.99. The highest BCUT2D eigenvalue weighted by Crippen LogP contribution is 2.17. The van der Waals surface area contributed by atoms with Crippen LogP contribution in [0.25, 0.3) is 11.5 Å². The summed E-state index contributed by atoms with van der Waals surface area (Å²) < 4.78 is 24.2. The number of aromatic nitrogens is 3. The van der Waals surface area contributed by atoms with E-state index in [1.807, 2.05) is 0 Å². The molecule has 0 N–H and O–H groups in total. The lowest BCUT2D eigenvalue weighted by atomic mass is 10.2. The van der Waals surface area contributed by atoms with Crippen molar-refractivity contribution in [2.75, 3.05) is 0 Å². The molecule has 0 atom stereocenters. The van der Waals surface area contributed by atoms with Gasteiger partial charge in [-0.2, -0.15) is 4.68 Å². The van der Waals surface area contributed by atoms with Gasteiger partial charge in [0.25, 0.3) is 0 Å². The van der Waals surface area contributed by atoms with Gasteiger partial charge < -0.3 is 8.94 Å². The first-order chi connectivity index (χ1) is 10.0. The topological polar surface area (TPSA) is 74.1 Å². The van der Waals surface area contributed by atoms with E-state index in [1.54, 1.807) is 13.8 Å². The molecule has 0 radical (unpaired) electrons. The Balaban J connectivity index is 1.95. The molecule has 0 fully saturated rings. The highest BCUT2D eigenvalue weighted by Gasteiger charge is 2.15. The van der Waals surface area contributed by atoms with Gasteiger partial charge in [0.15, 0.2) is 0 Å². The lowest BCUT2D eigenvalue weighted by Gasteiger charge is -1.97. The molecule has 0 bridgehead atoms. The molecule has 0 amide bonds. The molecule has 6 nitrogen and oxygen atoms in total. The molecule has 0 saturated heterocycles. The van der Waals surface area contributed by atoms with E-state index in [9.17, 15) is 9.18 Å². The van der Waals surface area contributed by atoms with E-state index in [0.29, 0.717) is 17.0 Å². The zero-order chi connectivity index (χ0) is 15.0. The molecule has 3 aromatic rings. The van der Waals surface area contributed by atoms with Crippen molar-refractivity contribution in [1.82, 2.24) is 14.9 Å². The van der Waals surface area contributed by atoms with Crippen LogP contribution in [0, 0.1) is 19.7 Å². The van der Waals surface area contributed by atoms with Crippen molar-refractivity contribution in [2.45, 2.75) is 20.4 Å². The summed E-state index contributed by atoms with van der Waals surface area (Å²) in [6.07, 6.45) is 0. The van der Waals surface area contributed by atoms with E-state index in [4.69, 9.17) is 8.94 Å². The molecule has 21 heavy (non-hydrogen) atoms. The second-order valence-corrected chi connectivity index (χ2v) is 4.64. The zero-order valence-electron chi connectivity index (χ0n) is 11.5. The summed E-state index contributed by atoms with van der Waals surface area (Å²) in [6, 6.07) is 5.56. The van der Waals surface area contributed by atoms with Gasteiger partial charge in [-0.15, -0.1) is 5.10 Å². The Morgan fingerprint density at radius 2 is 1.95 bits per heavy atom. The molecule has 0 aliphatic rings. The van der Waals surface area contributed by atoms with Crippen molar-refractivity contribution >= 4 is 0 Å². The van der Waals surface area contributed by atoms with Crippen LogP contribution in [0.5, 0.6) is 0 Å². The third kappa shape index (κ3) is 2.49. The number of nitrogens with zero attached hydrogens (tertiary/aromatic N) is 3. The van der Waals surface area contributed by atoms with Gasteiger partial charge in [-0.1, -0.05) is 5.16 Å². The van der Waals surface area contributed by atoms with Crippen LogP contribution in [-0.2, 0) is 6.54 Å². The molecular formula is C14H12FN3O3. The SMILES string of the molecule is Cc1noc(C)c1Cn1nc(-c2ccc(F)cc2)oc1=O.